The zero-order valence-corrected chi connectivity index (χ0v) is 16.3. The van der Waals surface area contributed by atoms with Crippen molar-refractivity contribution in [3.05, 3.63) is 80.0 Å². The maximum absolute atomic E-state index is 12.2. The molecule has 0 radical (unpaired) electrons. The largest absolute Gasteiger partial charge is 0.459 e. The molecule has 1 aliphatic heterocycles. The van der Waals surface area contributed by atoms with Crippen molar-refractivity contribution in [3.63, 3.8) is 0 Å². The number of fused-ring (bicyclic) bond motifs is 1. The van der Waals surface area contributed by atoms with Crippen molar-refractivity contribution in [2.45, 2.75) is 24.4 Å². The van der Waals surface area contributed by atoms with Crippen LogP contribution in [-0.2, 0) is 9.47 Å². The molecule has 1 aromatic heterocycles. The molecule has 12 nitrogen and oxygen atoms in total. The summed E-state index contributed by atoms with van der Waals surface area (Å²) in [5, 5.41) is 43.0. The second kappa shape index (κ2) is 8.34. The molecule has 4 atom stereocenters. The molecule has 1 fully saturated rings. The van der Waals surface area contributed by atoms with E-state index in [0.29, 0.717) is 16.5 Å². The Morgan fingerprint density at radius 1 is 1.03 bits per heavy atom. The van der Waals surface area contributed by atoms with Crippen LogP contribution in [0.15, 0.2) is 48.7 Å². The van der Waals surface area contributed by atoms with Gasteiger partial charge in [0, 0.05) is 41.4 Å². The SMILES string of the molecule is O=C(OC[C@H]1O[C@@H](c2c[nH]c3cc([N+](=O)[O-])ccc23)[C@H](O)[C@@H]1O)c1ccc([N+](=O)[O-])cc1. The molecule has 0 saturated carbocycles. The fraction of sp³-hybridized carbons (Fsp3) is 0.250. The monoisotopic (exact) mass is 443 g/mol. The number of nitrogens with one attached hydrogen (secondary N) is 1. The van der Waals surface area contributed by atoms with Gasteiger partial charge in [0.2, 0.25) is 0 Å². The topological polar surface area (TPSA) is 178 Å². The van der Waals surface area contributed by atoms with Crippen LogP contribution in [0.1, 0.15) is 22.0 Å². The third kappa shape index (κ3) is 3.89. The summed E-state index contributed by atoms with van der Waals surface area (Å²) >= 11 is 0. The lowest BCUT2D eigenvalue weighted by Gasteiger charge is -2.14. The van der Waals surface area contributed by atoms with Gasteiger partial charge in [0.15, 0.2) is 0 Å². The van der Waals surface area contributed by atoms with Crippen molar-refractivity contribution in [2.24, 2.45) is 0 Å². The second-order valence-electron chi connectivity index (χ2n) is 7.21. The lowest BCUT2D eigenvalue weighted by molar-refractivity contribution is -0.385. The number of aromatic amines is 1. The van der Waals surface area contributed by atoms with Crippen LogP contribution in [0.25, 0.3) is 10.9 Å². The number of carbonyl (C=O) groups excluding carboxylic acids is 1. The van der Waals surface area contributed by atoms with Gasteiger partial charge >= 0.3 is 5.97 Å². The first-order valence-corrected chi connectivity index (χ1v) is 9.45. The molecule has 0 spiro atoms. The smallest absolute Gasteiger partial charge is 0.338 e. The molecule has 3 N–H and O–H groups in total. The van der Waals surface area contributed by atoms with E-state index in [4.69, 9.17) is 9.47 Å². The number of nitro benzene ring substituents is 2. The van der Waals surface area contributed by atoms with Crippen LogP contribution >= 0.6 is 0 Å². The fourth-order valence-corrected chi connectivity index (χ4v) is 3.59. The Hall–Kier alpha value is -3.87. The number of ether oxygens (including phenoxy) is 2. The van der Waals surface area contributed by atoms with Crippen molar-refractivity contribution in [3.8, 4) is 0 Å². The Bertz CT molecular complexity index is 1190. The first kappa shape index (κ1) is 21.4. The number of aliphatic hydroxyl groups is 2. The summed E-state index contributed by atoms with van der Waals surface area (Å²) in [5.74, 6) is -0.770. The summed E-state index contributed by atoms with van der Waals surface area (Å²) < 4.78 is 10.9. The maximum Gasteiger partial charge on any atom is 0.338 e. The number of non-ortho nitro benzene ring substituents is 2. The lowest BCUT2D eigenvalue weighted by atomic mass is 10.0. The van der Waals surface area contributed by atoms with Crippen LogP contribution in [-0.4, -0.2) is 55.9 Å². The molecule has 0 bridgehead atoms. The van der Waals surface area contributed by atoms with Gasteiger partial charge in [-0.05, 0) is 18.2 Å². The molecular formula is C20H17N3O9. The number of rotatable bonds is 6. The predicted molar refractivity (Wildman–Crippen MR) is 108 cm³/mol. The Morgan fingerprint density at radius 2 is 1.69 bits per heavy atom. The van der Waals surface area contributed by atoms with Crippen LogP contribution in [0.4, 0.5) is 11.4 Å². The number of nitrogens with zero attached hydrogens (tertiary/aromatic N) is 2. The van der Waals surface area contributed by atoms with Crippen LogP contribution in [0.2, 0.25) is 0 Å². The molecule has 32 heavy (non-hydrogen) atoms. The van der Waals surface area contributed by atoms with Gasteiger partial charge in [-0.1, -0.05) is 0 Å². The van der Waals surface area contributed by atoms with E-state index in [1.807, 2.05) is 0 Å². The molecule has 1 aliphatic rings. The molecule has 3 aromatic rings. The van der Waals surface area contributed by atoms with Crippen molar-refractivity contribution >= 4 is 28.2 Å². The first-order chi connectivity index (χ1) is 15.3. The van der Waals surface area contributed by atoms with Gasteiger partial charge in [0.25, 0.3) is 11.4 Å². The van der Waals surface area contributed by atoms with E-state index in [-0.39, 0.29) is 23.5 Å². The highest BCUT2D eigenvalue weighted by Gasteiger charge is 2.44. The average molecular weight is 443 g/mol. The van der Waals surface area contributed by atoms with Crippen molar-refractivity contribution in [2.75, 3.05) is 6.61 Å². The summed E-state index contributed by atoms with van der Waals surface area (Å²) in [6.45, 7) is -0.363. The molecule has 166 valence electrons. The Balaban J connectivity index is 1.45. The number of H-pyrrole nitrogens is 1. The third-order valence-corrected chi connectivity index (χ3v) is 5.27. The maximum atomic E-state index is 12.2. The molecule has 2 heterocycles. The zero-order chi connectivity index (χ0) is 23.0. The van der Waals surface area contributed by atoms with Crippen LogP contribution in [0, 0.1) is 20.2 Å². The minimum absolute atomic E-state index is 0.0819. The zero-order valence-electron chi connectivity index (χ0n) is 16.3. The molecular weight excluding hydrogens is 426 g/mol. The fourth-order valence-electron chi connectivity index (χ4n) is 3.59. The summed E-state index contributed by atoms with van der Waals surface area (Å²) in [6, 6.07) is 9.01. The van der Waals surface area contributed by atoms with E-state index >= 15 is 0 Å². The van der Waals surface area contributed by atoms with E-state index in [1.54, 1.807) is 0 Å². The predicted octanol–water partition coefficient (Wildman–Crippen LogP) is 2.00. The molecule has 4 rings (SSSR count). The molecule has 2 aromatic carbocycles. The molecule has 0 aliphatic carbocycles. The lowest BCUT2D eigenvalue weighted by Crippen LogP contribution is -2.34. The Morgan fingerprint density at radius 3 is 2.34 bits per heavy atom. The Kier molecular flexibility index (Phi) is 5.57. The number of benzene rings is 2. The van der Waals surface area contributed by atoms with Crippen molar-refractivity contribution in [1.29, 1.82) is 0 Å². The highest BCUT2D eigenvalue weighted by Crippen LogP contribution is 2.38. The number of carbonyl (C=O) groups is 1. The van der Waals surface area contributed by atoms with Gasteiger partial charge in [0.1, 0.15) is 31.0 Å². The number of hydrogen-bond acceptors (Lipinski definition) is 9. The van der Waals surface area contributed by atoms with Gasteiger partial charge < -0.3 is 24.7 Å². The molecule has 0 unspecified atom stereocenters. The van der Waals surface area contributed by atoms with E-state index in [2.05, 4.69) is 4.98 Å². The normalized spacial score (nSPS) is 22.7. The summed E-state index contributed by atoms with van der Waals surface area (Å²) in [6.07, 6.45) is -3.14. The summed E-state index contributed by atoms with van der Waals surface area (Å²) in [7, 11) is 0. The highest BCUT2D eigenvalue weighted by molar-refractivity contribution is 5.89. The molecule has 12 heteroatoms. The van der Waals surface area contributed by atoms with Gasteiger partial charge in [-0.3, -0.25) is 20.2 Å². The van der Waals surface area contributed by atoms with Crippen molar-refractivity contribution < 1.29 is 34.3 Å². The third-order valence-electron chi connectivity index (χ3n) is 5.27. The van der Waals surface area contributed by atoms with Crippen LogP contribution in [0.5, 0.6) is 0 Å². The molecule has 1 saturated heterocycles. The van der Waals surface area contributed by atoms with Crippen molar-refractivity contribution in [1.82, 2.24) is 4.98 Å². The Labute approximate surface area is 179 Å². The van der Waals surface area contributed by atoms with E-state index in [1.165, 1.54) is 48.7 Å². The highest BCUT2D eigenvalue weighted by atomic mass is 16.6. The summed E-state index contributed by atoms with van der Waals surface area (Å²) in [4.78, 5) is 35.6. The van der Waals surface area contributed by atoms with E-state index < -0.39 is 40.2 Å². The number of nitro groups is 2. The van der Waals surface area contributed by atoms with Gasteiger partial charge in [-0.25, -0.2) is 4.79 Å². The number of aromatic nitrogens is 1. The van der Waals surface area contributed by atoms with Gasteiger partial charge in [-0.2, -0.15) is 0 Å². The first-order valence-electron chi connectivity index (χ1n) is 9.45. The van der Waals surface area contributed by atoms with Crippen LogP contribution in [0.3, 0.4) is 0 Å². The quantitative estimate of drug-likeness (QED) is 0.292. The minimum atomic E-state index is -1.35. The average Bonchev–Trinajstić information content (AvgIpc) is 3.32. The summed E-state index contributed by atoms with van der Waals surface area (Å²) in [5.41, 5.74) is 0.762. The second-order valence-corrected chi connectivity index (χ2v) is 7.21. The van der Waals surface area contributed by atoms with Crippen LogP contribution < -0.4 is 0 Å². The number of esters is 1. The van der Waals surface area contributed by atoms with E-state index in [9.17, 15) is 35.2 Å². The minimum Gasteiger partial charge on any atom is -0.459 e. The van der Waals surface area contributed by atoms with Gasteiger partial charge in [-0.15, -0.1) is 0 Å². The standard InChI is InChI=1S/C20H17N3O9/c24-17-16(9-31-20(26)10-1-3-11(4-2-10)22(27)28)32-19(18(17)25)14-8-21-15-7-12(23(29)30)5-6-13(14)15/h1-8,16-19,21,24-25H,9H2/t16-,17-,18-,19+/m1/s1. The van der Waals surface area contributed by atoms with E-state index in [0.717, 1.165) is 0 Å². The molecule has 0 amide bonds. The van der Waals surface area contributed by atoms with Gasteiger partial charge in [0.05, 0.1) is 20.9 Å². The number of aliphatic hydroxyl groups excluding tert-OH is 2. The number of hydrogen-bond donors (Lipinski definition) is 3.